The van der Waals surface area contributed by atoms with Crippen molar-refractivity contribution in [1.82, 2.24) is 0 Å². The predicted octanol–water partition coefficient (Wildman–Crippen LogP) is 1.09. The van der Waals surface area contributed by atoms with E-state index in [9.17, 15) is 0 Å². The van der Waals surface area contributed by atoms with Gasteiger partial charge >= 0.3 is 0 Å². The molecule has 2 heteroatoms. The lowest BCUT2D eigenvalue weighted by Crippen LogP contribution is -1.57. The molecule has 0 heterocycles. The Kier molecular flexibility index (Phi) is 2.43. The zero-order valence-corrected chi connectivity index (χ0v) is 4.46. The van der Waals surface area contributed by atoms with Crippen molar-refractivity contribution in [3.8, 4) is 0 Å². The quantitative estimate of drug-likeness (QED) is 0.439. The molecule has 0 radical (unpaired) electrons. The molecule has 0 rings (SSSR count). The smallest absolute Gasteiger partial charge is 0.183 e. The summed E-state index contributed by atoms with van der Waals surface area (Å²) in [4.78, 5) is 0. The number of hydrogen-bond donors (Lipinski definition) is 0. The van der Waals surface area contributed by atoms with Crippen LogP contribution in [0.15, 0.2) is 0 Å². The first kappa shape index (κ1) is 5.13. The van der Waals surface area contributed by atoms with Gasteiger partial charge in [0.15, 0.2) is 0 Å². The summed E-state index contributed by atoms with van der Waals surface area (Å²) in [6.07, 6.45) is 3.60. The van der Waals surface area contributed by atoms with Gasteiger partial charge in [0.2, 0.25) is 7.77 Å². The van der Waals surface area contributed by atoms with Gasteiger partial charge in [0, 0.05) is 0 Å². The molecule has 0 spiro atoms. The molecule has 1 atom stereocenters. The van der Waals surface area contributed by atoms with Gasteiger partial charge in [0.25, 0.3) is 0 Å². The third-order valence-corrected chi connectivity index (χ3v) is 0.935. The average Bonchev–Trinajstić information content (AvgIpc) is 1.38. The van der Waals surface area contributed by atoms with Crippen LogP contribution >= 0.6 is 7.77 Å². The van der Waals surface area contributed by atoms with Crippen LogP contribution in [-0.4, -0.2) is 20.1 Å². The number of hydrogen-bond acceptors (Lipinski definition) is 1. The van der Waals surface area contributed by atoms with Crippen LogP contribution in [0, 0.1) is 0 Å². The van der Waals surface area contributed by atoms with E-state index in [4.69, 9.17) is 4.52 Å². The zero-order valence-electron chi connectivity index (χ0n) is 3.56. The normalized spacial score (nSPS) is 11.2. The van der Waals surface area contributed by atoms with Crippen molar-refractivity contribution < 1.29 is 4.52 Å². The molecule has 0 aliphatic heterocycles. The topological polar surface area (TPSA) is 9.23 Å². The summed E-state index contributed by atoms with van der Waals surface area (Å²) in [6, 6.07) is 0. The monoisotopic (exact) mass is 91.0 g/mol. The molecule has 0 aromatic rings. The van der Waals surface area contributed by atoms with Crippen molar-refractivity contribution in [2.45, 2.75) is 0 Å². The third-order valence-electron chi connectivity index (χ3n) is 0.312. The van der Waals surface area contributed by atoms with E-state index in [1.165, 1.54) is 0 Å². The van der Waals surface area contributed by atoms with Crippen LogP contribution in [0.5, 0.6) is 0 Å². The minimum Gasteiger partial charge on any atom is -0.183 e. The van der Waals surface area contributed by atoms with Crippen LogP contribution in [-0.2, 0) is 4.52 Å². The van der Waals surface area contributed by atoms with Crippen molar-refractivity contribution in [3.05, 3.63) is 0 Å². The Hall–Kier alpha value is 0.130. The highest BCUT2D eigenvalue weighted by Gasteiger charge is 1.82. The van der Waals surface area contributed by atoms with E-state index in [0.717, 1.165) is 0 Å². The van der Waals surface area contributed by atoms with Gasteiger partial charge in [-0.1, -0.05) is 0 Å². The summed E-state index contributed by atoms with van der Waals surface area (Å²) in [5.74, 6) is 0. The fourth-order valence-electron chi connectivity index (χ4n) is 0. The number of rotatable bonds is 1. The SMILES string of the molecule is C=[P+](C)OC. The van der Waals surface area contributed by atoms with E-state index in [-0.39, 0.29) is 7.77 Å². The van der Waals surface area contributed by atoms with Crippen LogP contribution in [0.2, 0.25) is 0 Å². The van der Waals surface area contributed by atoms with Gasteiger partial charge in [-0.3, -0.25) is 0 Å². The first-order valence-electron chi connectivity index (χ1n) is 1.35. The molecule has 0 bridgehead atoms. The molecular weight excluding hydrogens is 83.0 g/mol. The summed E-state index contributed by atoms with van der Waals surface area (Å²) in [5, 5.41) is 0. The molecule has 0 aromatic heterocycles. The molecule has 0 saturated carbocycles. The standard InChI is InChI=1S/C3H8OP/c1-4-5(2)3/h2H2,1,3H3/q+1. The first-order chi connectivity index (χ1) is 2.27. The van der Waals surface area contributed by atoms with Crippen molar-refractivity contribution in [1.29, 1.82) is 0 Å². The van der Waals surface area contributed by atoms with Gasteiger partial charge in [-0.25, -0.2) is 0 Å². The van der Waals surface area contributed by atoms with E-state index in [1.807, 2.05) is 6.66 Å². The Labute approximate surface area is 33.4 Å². The van der Waals surface area contributed by atoms with E-state index in [2.05, 4.69) is 6.30 Å². The summed E-state index contributed by atoms with van der Waals surface area (Å²) in [6.45, 7) is 1.95. The lowest BCUT2D eigenvalue weighted by Gasteiger charge is -1.67. The van der Waals surface area contributed by atoms with Crippen LogP contribution < -0.4 is 0 Å². The van der Waals surface area contributed by atoms with Crippen LogP contribution in [0.4, 0.5) is 0 Å². The fraction of sp³-hybridized carbons (Fsp3) is 0.667. The highest BCUT2D eigenvalue weighted by molar-refractivity contribution is 7.49. The Bertz CT molecular complexity index is 42.2. The molecule has 1 unspecified atom stereocenters. The Morgan fingerprint density at radius 3 is 2.00 bits per heavy atom. The zero-order chi connectivity index (χ0) is 4.28. The lowest BCUT2D eigenvalue weighted by atomic mass is 11.8. The van der Waals surface area contributed by atoms with Crippen LogP contribution in [0.25, 0.3) is 0 Å². The van der Waals surface area contributed by atoms with E-state index in [0.29, 0.717) is 0 Å². The molecule has 30 valence electrons. The second kappa shape index (κ2) is 2.37. The molecule has 0 amide bonds. The van der Waals surface area contributed by atoms with Crippen molar-refractivity contribution >= 4 is 14.1 Å². The second-order valence-electron chi connectivity index (χ2n) is 0.810. The molecule has 0 fully saturated rings. The third kappa shape index (κ3) is 4.13. The Balaban J connectivity index is 2.85. The van der Waals surface area contributed by atoms with Gasteiger partial charge in [0.05, 0.1) is 7.11 Å². The average molecular weight is 91.1 g/mol. The Morgan fingerprint density at radius 1 is 1.80 bits per heavy atom. The molecule has 0 saturated heterocycles. The van der Waals surface area contributed by atoms with Crippen molar-refractivity contribution in [3.63, 3.8) is 0 Å². The minimum absolute atomic E-state index is 0.348. The van der Waals surface area contributed by atoms with Crippen LogP contribution in [0.1, 0.15) is 0 Å². The highest BCUT2D eigenvalue weighted by Crippen LogP contribution is 2.09. The molecule has 0 aliphatic carbocycles. The summed E-state index contributed by atoms with van der Waals surface area (Å²) in [7, 11) is 1.32. The lowest BCUT2D eigenvalue weighted by molar-refractivity contribution is 0.476. The largest absolute Gasteiger partial charge is 0.243 e. The maximum atomic E-state index is 4.70. The van der Waals surface area contributed by atoms with Gasteiger partial charge in [-0.05, 0) is 0 Å². The molecule has 0 aliphatic rings. The van der Waals surface area contributed by atoms with Crippen LogP contribution in [0.3, 0.4) is 0 Å². The summed E-state index contributed by atoms with van der Waals surface area (Å²) >= 11 is 0. The molecule has 0 aromatic carbocycles. The molecule has 1 nitrogen and oxygen atoms in total. The predicted molar refractivity (Wildman–Crippen MR) is 27.0 cm³/mol. The molecular formula is C3H8OP+. The molecule has 0 N–H and O–H groups in total. The van der Waals surface area contributed by atoms with Gasteiger partial charge in [-0.15, -0.1) is 0 Å². The Morgan fingerprint density at radius 2 is 2.00 bits per heavy atom. The second-order valence-corrected chi connectivity index (χ2v) is 2.43. The van der Waals surface area contributed by atoms with E-state index >= 15 is 0 Å². The van der Waals surface area contributed by atoms with Gasteiger partial charge < -0.3 is 0 Å². The summed E-state index contributed by atoms with van der Waals surface area (Å²) in [5.41, 5.74) is 0. The van der Waals surface area contributed by atoms with Gasteiger partial charge in [0.1, 0.15) is 13.0 Å². The van der Waals surface area contributed by atoms with Crippen molar-refractivity contribution in [2.75, 3.05) is 13.8 Å². The van der Waals surface area contributed by atoms with E-state index < -0.39 is 0 Å². The minimum atomic E-state index is -0.348. The molecule has 5 heavy (non-hydrogen) atoms. The van der Waals surface area contributed by atoms with Crippen molar-refractivity contribution in [2.24, 2.45) is 0 Å². The highest BCUT2D eigenvalue weighted by atomic mass is 31.1. The maximum Gasteiger partial charge on any atom is 0.243 e. The fourth-order valence-corrected chi connectivity index (χ4v) is 0. The maximum absolute atomic E-state index is 4.70. The van der Waals surface area contributed by atoms with Gasteiger partial charge in [-0.2, -0.15) is 4.52 Å². The first-order valence-corrected chi connectivity index (χ1v) is 3.25. The summed E-state index contributed by atoms with van der Waals surface area (Å²) < 4.78 is 4.70. The van der Waals surface area contributed by atoms with E-state index in [1.54, 1.807) is 7.11 Å².